The average Bonchev–Trinajstić information content (AvgIpc) is 2.84. The first-order valence-electron chi connectivity index (χ1n) is 6.40. The van der Waals surface area contributed by atoms with E-state index < -0.39 is 0 Å². The van der Waals surface area contributed by atoms with Gasteiger partial charge in [-0.3, -0.25) is 0 Å². The third-order valence-corrected chi connectivity index (χ3v) is 4.01. The van der Waals surface area contributed by atoms with Gasteiger partial charge in [0.2, 0.25) is 0 Å². The molecule has 0 aliphatic rings. The molecule has 1 aromatic heterocycles. The lowest BCUT2D eigenvalue weighted by Gasteiger charge is -2.09. The van der Waals surface area contributed by atoms with Crippen LogP contribution < -0.4 is 10.6 Å². The fraction of sp³-hybridized carbons (Fsp3) is 0.357. The van der Waals surface area contributed by atoms with E-state index in [2.05, 4.69) is 50.8 Å². The third kappa shape index (κ3) is 4.30. The number of aromatic nitrogens is 1. The first-order valence-corrected chi connectivity index (χ1v) is 8.07. The molecule has 2 aromatic rings. The second kappa shape index (κ2) is 7.03. The first kappa shape index (κ1) is 14.5. The SMILES string of the molecule is CCCNC(C)c1csc(Nc2cccc(Br)c2)n1. The van der Waals surface area contributed by atoms with Gasteiger partial charge < -0.3 is 10.6 Å². The van der Waals surface area contributed by atoms with Crippen LogP contribution in [0.3, 0.4) is 0 Å². The molecule has 102 valence electrons. The number of halogens is 1. The van der Waals surface area contributed by atoms with Crippen LogP contribution in [-0.2, 0) is 0 Å². The first-order chi connectivity index (χ1) is 9.19. The minimum absolute atomic E-state index is 0.300. The molecule has 0 aliphatic carbocycles. The standard InChI is InChI=1S/C14H18BrN3S/c1-3-7-16-10(2)13-9-19-14(18-13)17-12-6-4-5-11(15)8-12/h4-6,8-10,16H,3,7H2,1-2H3,(H,17,18). The Labute approximate surface area is 126 Å². The zero-order valence-corrected chi connectivity index (χ0v) is 13.5. The largest absolute Gasteiger partial charge is 0.332 e. The Morgan fingerprint density at radius 3 is 3.00 bits per heavy atom. The lowest BCUT2D eigenvalue weighted by molar-refractivity contribution is 0.561. The molecular weight excluding hydrogens is 322 g/mol. The van der Waals surface area contributed by atoms with Crippen molar-refractivity contribution in [3.63, 3.8) is 0 Å². The van der Waals surface area contributed by atoms with E-state index in [1.165, 1.54) is 0 Å². The summed E-state index contributed by atoms with van der Waals surface area (Å²) in [7, 11) is 0. The highest BCUT2D eigenvalue weighted by atomic mass is 79.9. The number of nitrogens with zero attached hydrogens (tertiary/aromatic N) is 1. The Morgan fingerprint density at radius 1 is 1.42 bits per heavy atom. The van der Waals surface area contributed by atoms with Crippen molar-refractivity contribution < 1.29 is 0 Å². The van der Waals surface area contributed by atoms with Crippen molar-refractivity contribution in [1.82, 2.24) is 10.3 Å². The lowest BCUT2D eigenvalue weighted by Crippen LogP contribution is -2.19. The summed E-state index contributed by atoms with van der Waals surface area (Å²) < 4.78 is 1.06. The van der Waals surface area contributed by atoms with Crippen molar-refractivity contribution in [2.24, 2.45) is 0 Å². The molecule has 1 unspecified atom stereocenters. The van der Waals surface area contributed by atoms with Crippen LogP contribution in [0.4, 0.5) is 10.8 Å². The molecule has 1 heterocycles. The van der Waals surface area contributed by atoms with E-state index in [9.17, 15) is 0 Å². The summed E-state index contributed by atoms with van der Waals surface area (Å²) in [5, 5.41) is 9.80. The van der Waals surface area contributed by atoms with E-state index in [1.807, 2.05) is 24.3 Å². The molecule has 0 saturated heterocycles. The van der Waals surface area contributed by atoms with E-state index in [0.29, 0.717) is 6.04 Å². The summed E-state index contributed by atoms with van der Waals surface area (Å²) in [5.74, 6) is 0. The second-order valence-electron chi connectivity index (χ2n) is 4.39. The Kier molecular flexibility index (Phi) is 5.36. The molecule has 0 fully saturated rings. The Bertz CT molecular complexity index is 527. The summed E-state index contributed by atoms with van der Waals surface area (Å²) in [6.07, 6.45) is 1.14. The van der Waals surface area contributed by atoms with Gasteiger partial charge in [-0.2, -0.15) is 0 Å². The summed E-state index contributed by atoms with van der Waals surface area (Å²) >= 11 is 5.10. The fourth-order valence-electron chi connectivity index (χ4n) is 1.70. The van der Waals surface area contributed by atoms with E-state index in [-0.39, 0.29) is 0 Å². The maximum atomic E-state index is 4.62. The van der Waals surface area contributed by atoms with Crippen LogP contribution in [0.5, 0.6) is 0 Å². The molecule has 19 heavy (non-hydrogen) atoms. The maximum Gasteiger partial charge on any atom is 0.187 e. The highest BCUT2D eigenvalue weighted by molar-refractivity contribution is 9.10. The number of thiazole rings is 1. The van der Waals surface area contributed by atoms with E-state index in [4.69, 9.17) is 0 Å². The zero-order chi connectivity index (χ0) is 13.7. The molecule has 1 atom stereocenters. The Morgan fingerprint density at radius 2 is 2.26 bits per heavy atom. The highest BCUT2D eigenvalue weighted by Gasteiger charge is 2.09. The molecule has 1 aromatic carbocycles. The number of rotatable bonds is 6. The molecule has 0 saturated carbocycles. The van der Waals surface area contributed by atoms with Gasteiger partial charge in [-0.1, -0.05) is 28.9 Å². The quantitative estimate of drug-likeness (QED) is 0.800. The van der Waals surface area contributed by atoms with Crippen molar-refractivity contribution in [3.8, 4) is 0 Å². The summed E-state index contributed by atoms with van der Waals surface area (Å²) in [6, 6.07) is 8.39. The molecule has 0 aliphatic heterocycles. The lowest BCUT2D eigenvalue weighted by atomic mass is 10.2. The van der Waals surface area contributed by atoms with Gasteiger partial charge in [0.05, 0.1) is 5.69 Å². The minimum Gasteiger partial charge on any atom is -0.332 e. The number of nitrogens with one attached hydrogen (secondary N) is 2. The fourth-order valence-corrected chi connectivity index (χ4v) is 2.92. The molecule has 5 heteroatoms. The second-order valence-corrected chi connectivity index (χ2v) is 6.16. The van der Waals surface area contributed by atoms with Gasteiger partial charge in [0.1, 0.15) is 0 Å². The molecule has 2 rings (SSSR count). The topological polar surface area (TPSA) is 37.0 Å². The van der Waals surface area contributed by atoms with Crippen LogP contribution in [0, 0.1) is 0 Å². The zero-order valence-electron chi connectivity index (χ0n) is 11.1. The molecular formula is C14H18BrN3S. The van der Waals surface area contributed by atoms with E-state index >= 15 is 0 Å². The smallest absolute Gasteiger partial charge is 0.187 e. The number of anilines is 2. The van der Waals surface area contributed by atoms with Crippen LogP contribution >= 0.6 is 27.3 Å². The van der Waals surface area contributed by atoms with Crippen molar-refractivity contribution in [2.45, 2.75) is 26.3 Å². The molecule has 0 spiro atoms. The van der Waals surface area contributed by atoms with Gasteiger partial charge in [0, 0.05) is 21.6 Å². The normalized spacial score (nSPS) is 12.4. The van der Waals surface area contributed by atoms with Crippen LogP contribution in [0.15, 0.2) is 34.1 Å². The van der Waals surface area contributed by atoms with Crippen molar-refractivity contribution in [2.75, 3.05) is 11.9 Å². The summed E-state index contributed by atoms with van der Waals surface area (Å²) in [6.45, 7) is 5.34. The van der Waals surface area contributed by atoms with Crippen molar-refractivity contribution >= 4 is 38.1 Å². The Balaban J connectivity index is 2.01. The average molecular weight is 340 g/mol. The van der Waals surface area contributed by atoms with Crippen molar-refractivity contribution in [1.29, 1.82) is 0 Å². The van der Waals surface area contributed by atoms with Gasteiger partial charge >= 0.3 is 0 Å². The van der Waals surface area contributed by atoms with Crippen LogP contribution in [0.2, 0.25) is 0 Å². The van der Waals surface area contributed by atoms with Gasteiger partial charge in [-0.05, 0) is 38.1 Å². The number of benzene rings is 1. The van der Waals surface area contributed by atoms with Gasteiger partial charge in [0.15, 0.2) is 5.13 Å². The van der Waals surface area contributed by atoms with Gasteiger partial charge in [0.25, 0.3) is 0 Å². The monoisotopic (exact) mass is 339 g/mol. The summed E-state index contributed by atoms with van der Waals surface area (Å²) in [5.41, 5.74) is 2.14. The minimum atomic E-state index is 0.300. The molecule has 3 nitrogen and oxygen atoms in total. The van der Waals surface area contributed by atoms with Gasteiger partial charge in [-0.15, -0.1) is 11.3 Å². The van der Waals surface area contributed by atoms with Crippen LogP contribution in [-0.4, -0.2) is 11.5 Å². The van der Waals surface area contributed by atoms with Crippen molar-refractivity contribution in [3.05, 3.63) is 39.8 Å². The third-order valence-electron chi connectivity index (χ3n) is 2.74. The predicted octanol–water partition coefficient (Wildman–Crippen LogP) is 4.71. The number of hydrogen-bond acceptors (Lipinski definition) is 4. The molecule has 0 bridgehead atoms. The number of hydrogen-bond donors (Lipinski definition) is 2. The van der Waals surface area contributed by atoms with Gasteiger partial charge in [-0.25, -0.2) is 4.98 Å². The van der Waals surface area contributed by atoms with E-state index in [0.717, 1.165) is 34.0 Å². The molecule has 0 radical (unpaired) electrons. The summed E-state index contributed by atoms with van der Waals surface area (Å²) in [4.78, 5) is 4.62. The van der Waals surface area contributed by atoms with E-state index in [1.54, 1.807) is 11.3 Å². The Hall–Kier alpha value is -0.910. The predicted molar refractivity (Wildman–Crippen MR) is 86.2 cm³/mol. The highest BCUT2D eigenvalue weighted by Crippen LogP contribution is 2.25. The molecule has 0 amide bonds. The maximum absolute atomic E-state index is 4.62. The van der Waals surface area contributed by atoms with Crippen LogP contribution in [0.1, 0.15) is 32.0 Å². The van der Waals surface area contributed by atoms with Crippen LogP contribution in [0.25, 0.3) is 0 Å². The molecule has 2 N–H and O–H groups in total.